The van der Waals surface area contributed by atoms with E-state index >= 15 is 0 Å². The molecule has 0 atom stereocenters. The van der Waals surface area contributed by atoms with Gasteiger partial charge in [-0.25, -0.2) is 12.7 Å². The largest absolute Gasteiger partial charge is 0.399 e. The molecule has 2 N–H and O–H groups in total. The van der Waals surface area contributed by atoms with Crippen molar-refractivity contribution in [3.05, 3.63) is 23.8 Å². The third kappa shape index (κ3) is 2.43. The smallest absolute Gasteiger partial charge is 0.269 e. The molecule has 1 heterocycles. The Bertz CT molecular complexity index is 598. The first-order chi connectivity index (χ1) is 8.98. The lowest BCUT2D eigenvalue weighted by Gasteiger charge is -2.14. The van der Waals surface area contributed by atoms with Gasteiger partial charge in [0.05, 0.1) is 18.7 Å². The van der Waals surface area contributed by atoms with E-state index in [0.717, 1.165) is 10.7 Å². The number of nitrogen functional groups attached to an aromatic ring is 1. The highest BCUT2D eigenvalue weighted by molar-refractivity contribution is 7.90. The first-order valence-corrected chi connectivity index (χ1v) is 7.47. The van der Waals surface area contributed by atoms with Crippen molar-refractivity contribution in [3.8, 4) is 0 Å². The van der Waals surface area contributed by atoms with E-state index in [9.17, 15) is 13.2 Å². The molecule has 2 rings (SSSR count). The van der Waals surface area contributed by atoms with Crippen LogP contribution < -0.4 is 5.73 Å². The fourth-order valence-corrected chi connectivity index (χ4v) is 3.49. The number of nitrogens with zero attached hydrogens (tertiary/aromatic N) is 1. The molecule has 0 radical (unpaired) electrons. The Morgan fingerprint density at radius 1 is 1.32 bits per heavy atom. The van der Waals surface area contributed by atoms with Crippen LogP contribution in [-0.4, -0.2) is 38.4 Å². The summed E-state index contributed by atoms with van der Waals surface area (Å²) in [6.07, 6.45) is 0.845. The van der Waals surface area contributed by atoms with Gasteiger partial charge >= 0.3 is 0 Å². The SMILES string of the molecule is CCCOCCN1C(=O)c2ccc(N)cc2S1(=O)=O. The highest BCUT2D eigenvalue weighted by Crippen LogP contribution is 2.31. The van der Waals surface area contributed by atoms with Gasteiger partial charge in [-0.15, -0.1) is 0 Å². The molecule has 6 nitrogen and oxygen atoms in total. The van der Waals surface area contributed by atoms with Crippen LogP contribution in [-0.2, 0) is 14.8 Å². The molecule has 0 saturated carbocycles. The number of benzene rings is 1. The Labute approximate surface area is 112 Å². The second-order valence-electron chi connectivity index (χ2n) is 4.25. The van der Waals surface area contributed by atoms with E-state index in [-0.39, 0.29) is 23.6 Å². The number of sulfonamides is 1. The van der Waals surface area contributed by atoms with Gasteiger partial charge in [0.2, 0.25) is 0 Å². The number of nitrogens with two attached hydrogens (primary N) is 1. The minimum absolute atomic E-state index is 0.0204. The Morgan fingerprint density at radius 2 is 2.05 bits per heavy atom. The number of fused-ring (bicyclic) bond motifs is 1. The van der Waals surface area contributed by atoms with Gasteiger partial charge < -0.3 is 10.5 Å². The van der Waals surface area contributed by atoms with Gasteiger partial charge in [-0.1, -0.05) is 6.92 Å². The maximum Gasteiger partial charge on any atom is 0.269 e. The molecular formula is C12H16N2O4S. The van der Waals surface area contributed by atoms with Crippen LogP contribution in [0, 0.1) is 0 Å². The van der Waals surface area contributed by atoms with Crippen LogP contribution in [0.5, 0.6) is 0 Å². The van der Waals surface area contributed by atoms with Crippen molar-refractivity contribution in [1.29, 1.82) is 0 Å². The van der Waals surface area contributed by atoms with Crippen LogP contribution in [0.4, 0.5) is 5.69 Å². The number of amides is 1. The average Bonchev–Trinajstić information content (AvgIpc) is 2.54. The van der Waals surface area contributed by atoms with Crippen LogP contribution in [0.15, 0.2) is 23.1 Å². The molecule has 7 heteroatoms. The zero-order valence-electron chi connectivity index (χ0n) is 10.6. The Hall–Kier alpha value is -1.60. The number of ether oxygens (including phenoxy) is 1. The fraction of sp³-hybridized carbons (Fsp3) is 0.417. The lowest BCUT2D eigenvalue weighted by atomic mass is 10.2. The molecular weight excluding hydrogens is 268 g/mol. The van der Waals surface area contributed by atoms with Crippen molar-refractivity contribution in [1.82, 2.24) is 4.31 Å². The summed E-state index contributed by atoms with van der Waals surface area (Å²) < 4.78 is 30.5. The third-order valence-corrected chi connectivity index (χ3v) is 4.64. The summed E-state index contributed by atoms with van der Waals surface area (Å²) in [6, 6.07) is 4.27. The van der Waals surface area contributed by atoms with Gasteiger partial charge in [0.15, 0.2) is 0 Å². The van der Waals surface area contributed by atoms with Crippen molar-refractivity contribution in [2.45, 2.75) is 18.2 Å². The molecule has 0 bridgehead atoms. The highest BCUT2D eigenvalue weighted by atomic mass is 32.2. The molecule has 1 aromatic rings. The summed E-state index contributed by atoms with van der Waals surface area (Å²) in [5, 5.41) is 0. The van der Waals surface area contributed by atoms with Crippen molar-refractivity contribution in [2.75, 3.05) is 25.5 Å². The van der Waals surface area contributed by atoms with Crippen molar-refractivity contribution in [3.63, 3.8) is 0 Å². The predicted octanol–water partition coefficient (Wildman–Crippen LogP) is 0.840. The van der Waals surface area contributed by atoms with Crippen LogP contribution in [0.2, 0.25) is 0 Å². The van der Waals surface area contributed by atoms with Crippen LogP contribution in [0.25, 0.3) is 0 Å². The fourth-order valence-electron chi connectivity index (χ4n) is 1.91. The van der Waals surface area contributed by atoms with Gasteiger partial charge in [0.25, 0.3) is 15.9 Å². The van der Waals surface area contributed by atoms with Crippen molar-refractivity contribution < 1.29 is 17.9 Å². The number of anilines is 1. The minimum atomic E-state index is -3.78. The molecule has 0 aliphatic carbocycles. The Balaban J connectivity index is 2.23. The topological polar surface area (TPSA) is 89.7 Å². The van der Waals surface area contributed by atoms with E-state index in [4.69, 9.17) is 10.5 Å². The first-order valence-electron chi connectivity index (χ1n) is 6.03. The molecule has 0 fully saturated rings. The Kier molecular flexibility index (Phi) is 3.77. The summed E-state index contributed by atoms with van der Waals surface area (Å²) in [6.45, 7) is 2.72. The van der Waals surface area contributed by atoms with Crippen LogP contribution in [0.3, 0.4) is 0 Å². The Morgan fingerprint density at radius 3 is 2.74 bits per heavy atom. The number of hydrogen-bond donors (Lipinski definition) is 1. The van der Waals surface area contributed by atoms with Gasteiger partial charge in [0.1, 0.15) is 4.90 Å². The predicted molar refractivity (Wildman–Crippen MR) is 70.2 cm³/mol. The van der Waals surface area contributed by atoms with Crippen LogP contribution in [0.1, 0.15) is 23.7 Å². The average molecular weight is 284 g/mol. The standard InChI is InChI=1S/C12H16N2O4S/c1-2-6-18-7-5-14-12(15)10-4-3-9(13)8-11(10)19(14,16)17/h3-4,8H,2,5-7,13H2,1H3. The third-order valence-electron chi connectivity index (χ3n) is 2.82. The summed E-state index contributed by atoms with van der Waals surface area (Å²) >= 11 is 0. The second kappa shape index (κ2) is 5.18. The molecule has 1 amide bonds. The molecule has 19 heavy (non-hydrogen) atoms. The van der Waals surface area contributed by atoms with Gasteiger partial charge in [0, 0.05) is 12.3 Å². The number of carbonyl (C=O) groups is 1. The zero-order valence-corrected chi connectivity index (χ0v) is 11.4. The molecule has 0 spiro atoms. The summed E-state index contributed by atoms with van der Waals surface area (Å²) in [5.74, 6) is -0.518. The summed E-state index contributed by atoms with van der Waals surface area (Å²) in [7, 11) is -3.78. The normalized spacial score (nSPS) is 16.7. The van der Waals surface area contributed by atoms with Crippen molar-refractivity contribution >= 4 is 21.6 Å². The monoisotopic (exact) mass is 284 g/mol. The number of rotatable bonds is 5. The molecule has 0 aromatic heterocycles. The molecule has 104 valence electrons. The molecule has 1 aliphatic rings. The summed E-state index contributed by atoms with van der Waals surface area (Å²) in [4.78, 5) is 12.0. The quantitative estimate of drug-likeness (QED) is 0.639. The van der Waals surface area contributed by atoms with E-state index in [1.165, 1.54) is 18.2 Å². The van der Waals surface area contributed by atoms with Crippen molar-refractivity contribution in [2.24, 2.45) is 0 Å². The first kappa shape index (κ1) is 13.8. The second-order valence-corrected chi connectivity index (χ2v) is 6.08. The number of carbonyl (C=O) groups excluding carboxylic acids is 1. The van der Waals surface area contributed by atoms with Gasteiger partial charge in [-0.2, -0.15) is 0 Å². The van der Waals surface area contributed by atoms with E-state index in [0.29, 0.717) is 12.3 Å². The van der Waals surface area contributed by atoms with E-state index in [2.05, 4.69) is 0 Å². The van der Waals surface area contributed by atoms with E-state index in [1.807, 2.05) is 6.92 Å². The number of hydrogen-bond acceptors (Lipinski definition) is 5. The molecule has 1 aliphatic heterocycles. The van der Waals surface area contributed by atoms with E-state index in [1.54, 1.807) is 0 Å². The zero-order chi connectivity index (χ0) is 14.0. The van der Waals surface area contributed by atoms with E-state index < -0.39 is 15.9 Å². The maximum absolute atomic E-state index is 12.2. The maximum atomic E-state index is 12.2. The van der Waals surface area contributed by atoms with Gasteiger partial charge in [-0.05, 0) is 24.6 Å². The van der Waals surface area contributed by atoms with Crippen LogP contribution >= 0.6 is 0 Å². The summed E-state index contributed by atoms with van der Waals surface area (Å²) in [5.41, 5.74) is 6.05. The lowest BCUT2D eigenvalue weighted by Crippen LogP contribution is -2.33. The highest BCUT2D eigenvalue weighted by Gasteiger charge is 2.40. The lowest BCUT2D eigenvalue weighted by molar-refractivity contribution is 0.0798. The van der Waals surface area contributed by atoms with Gasteiger partial charge in [-0.3, -0.25) is 4.79 Å². The minimum Gasteiger partial charge on any atom is -0.399 e. The molecule has 0 unspecified atom stereocenters. The molecule has 0 saturated heterocycles. The molecule has 1 aromatic carbocycles.